The molecule has 21 heavy (non-hydrogen) atoms. The van der Waals surface area contributed by atoms with E-state index in [9.17, 15) is 15.2 Å². The van der Waals surface area contributed by atoms with Crippen molar-refractivity contribution in [2.24, 2.45) is 5.10 Å². The second-order valence-electron chi connectivity index (χ2n) is 4.22. The Morgan fingerprint density at radius 3 is 2.67 bits per heavy atom. The molecule has 0 fully saturated rings. The van der Waals surface area contributed by atoms with E-state index < -0.39 is 4.92 Å². The van der Waals surface area contributed by atoms with Crippen molar-refractivity contribution in [2.45, 2.75) is 6.54 Å². The van der Waals surface area contributed by atoms with Gasteiger partial charge in [0, 0.05) is 16.7 Å². The number of halogens is 1. The molecule has 0 aliphatic heterocycles. The molecule has 0 aliphatic rings. The molecule has 0 amide bonds. The Labute approximate surface area is 125 Å². The van der Waals surface area contributed by atoms with Crippen molar-refractivity contribution < 1.29 is 10.0 Å². The van der Waals surface area contributed by atoms with Crippen LogP contribution in [0.15, 0.2) is 47.6 Å². The average molecular weight is 306 g/mol. The minimum absolute atomic E-state index is 0.350. The van der Waals surface area contributed by atoms with Crippen LogP contribution in [0.4, 0.5) is 5.69 Å². The fourth-order valence-corrected chi connectivity index (χ4v) is 1.75. The first-order valence-corrected chi connectivity index (χ1v) is 6.42. The summed E-state index contributed by atoms with van der Waals surface area (Å²) in [6.07, 6.45) is 1.45. The predicted octanol–water partition coefficient (Wildman–Crippen LogP) is 3.08. The zero-order chi connectivity index (χ0) is 15.2. The van der Waals surface area contributed by atoms with E-state index >= 15 is 0 Å². The lowest BCUT2D eigenvalue weighted by molar-refractivity contribution is -0.385. The Morgan fingerprint density at radius 2 is 2.00 bits per heavy atom. The minimum atomic E-state index is -0.645. The summed E-state index contributed by atoms with van der Waals surface area (Å²) in [5.41, 5.74) is 4.00. The first kappa shape index (κ1) is 14.8. The van der Waals surface area contributed by atoms with E-state index in [1.807, 2.05) is 12.1 Å². The lowest BCUT2D eigenvalue weighted by atomic mass is 10.2. The molecular weight excluding hydrogens is 294 g/mol. The summed E-state index contributed by atoms with van der Waals surface area (Å²) in [6, 6.07) is 11.4. The van der Waals surface area contributed by atoms with Crippen LogP contribution < -0.4 is 5.43 Å². The van der Waals surface area contributed by atoms with E-state index in [-0.39, 0.29) is 11.4 Å². The van der Waals surface area contributed by atoms with Crippen molar-refractivity contribution in [1.82, 2.24) is 5.43 Å². The molecule has 7 heteroatoms. The van der Waals surface area contributed by atoms with E-state index in [1.165, 1.54) is 24.4 Å². The second-order valence-corrected chi connectivity index (χ2v) is 4.66. The standard InChI is InChI=1S/C14H12ClN3O3/c15-12-4-1-10(2-5-12)8-16-17-9-11-3-6-14(19)13(7-11)18(20)21/h1-7,9,16,19H,8H2/b17-9-. The van der Waals surface area contributed by atoms with E-state index in [1.54, 1.807) is 12.1 Å². The molecule has 0 spiro atoms. The lowest BCUT2D eigenvalue weighted by Crippen LogP contribution is -2.05. The topological polar surface area (TPSA) is 87.8 Å². The molecule has 0 aliphatic carbocycles. The highest BCUT2D eigenvalue weighted by Gasteiger charge is 2.12. The average Bonchev–Trinajstić information content (AvgIpc) is 2.46. The maximum absolute atomic E-state index is 10.7. The molecule has 2 rings (SSSR count). The Bertz CT molecular complexity index is 672. The van der Waals surface area contributed by atoms with Gasteiger partial charge in [0.25, 0.3) is 0 Å². The monoisotopic (exact) mass is 305 g/mol. The van der Waals surface area contributed by atoms with Gasteiger partial charge in [-0.15, -0.1) is 0 Å². The van der Waals surface area contributed by atoms with Gasteiger partial charge in [-0.25, -0.2) is 0 Å². The van der Waals surface area contributed by atoms with Crippen molar-refractivity contribution >= 4 is 23.5 Å². The van der Waals surface area contributed by atoms with Gasteiger partial charge in [-0.2, -0.15) is 5.10 Å². The smallest absolute Gasteiger partial charge is 0.311 e. The largest absolute Gasteiger partial charge is 0.502 e. The number of aromatic hydroxyl groups is 1. The molecule has 0 atom stereocenters. The predicted molar refractivity (Wildman–Crippen MR) is 80.6 cm³/mol. The highest BCUT2D eigenvalue weighted by atomic mass is 35.5. The molecule has 0 heterocycles. The zero-order valence-corrected chi connectivity index (χ0v) is 11.6. The lowest BCUT2D eigenvalue weighted by Gasteiger charge is -2.01. The molecule has 0 radical (unpaired) electrons. The Morgan fingerprint density at radius 1 is 1.29 bits per heavy atom. The van der Waals surface area contributed by atoms with Gasteiger partial charge in [0.2, 0.25) is 0 Å². The van der Waals surface area contributed by atoms with Crippen LogP contribution in [0, 0.1) is 10.1 Å². The highest BCUT2D eigenvalue weighted by molar-refractivity contribution is 6.30. The summed E-state index contributed by atoms with van der Waals surface area (Å²) < 4.78 is 0. The number of nitro benzene ring substituents is 1. The van der Waals surface area contributed by atoms with E-state index in [2.05, 4.69) is 10.5 Å². The Balaban J connectivity index is 1.97. The van der Waals surface area contributed by atoms with Gasteiger partial charge in [0.1, 0.15) is 0 Å². The van der Waals surface area contributed by atoms with Crippen LogP contribution in [0.1, 0.15) is 11.1 Å². The number of nitro groups is 1. The molecule has 2 aromatic rings. The van der Waals surface area contributed by atoms with Gasteiger partial charge >= 0.3 is 5.69 Å². The third-order valence-corrected chi connectivity index (χ3v) is 2.95. The summed E-state index contributed by atoms with van der Waals surface area (Å²) in [5.74, 6) is -0.369. The van der Waals surface area contributed by atoms with Crippen molar-refractivity contribution in [3.05, 3.63) is 68.7 Å². The molecule has 6 nitrogen and oxygen atoms in total. The third kappa shape index (κ3) is 4.19. The number of benzene rings is 2. The summed E-state index contributed by atoms with van der Waals surface area (Å²) in [4.78, 5) is 10.0. The number of hydrogen-bond donors (Lipinski definition) is 2. The van der Waals surface area contributed by atoms with Crippen molar-refractivity contribution in [3.8, 4) is 5.75 Å². The number of phenols is 1. The summed E-state index contributed by atoms with van der Waals surface area (Å²) >= 11 is 5.78. The van der Waals surface area contributed by atoms with Crippen LogP contribution in [0.2, 0.25) is 5.02 Å². The number of rotatable bonds is 5. The number of phenolic OH excluding ortho intramolecular Hbond substituents is 1. The fraction of sp³-hybridized carbons (Fsp3) is 0.0714. The zero-order valence-electron chi connectivity index (χ0n) is 10.9. The SMILES string of the molecule is O=[N+]([O-])c1cc(/C=N\NCc2ccc(Cl)cc2)ccc1O. The van der Waals surface area contributed by atoms with Gasteiger partial charge in [-0.05, 0) is 29.8 Å². The normalized spacial score (nSPS) is 10.7. The molecule has 0 bridgehead atoms. The summed E-state index contributed by atoms with van der Waals surface area (Å²) in [6.45, 7) is 0.508. The Kier molecular flexibility index (Phi) is 4.73. The van der Waals surface area contributed by atoms with Gasteiger partial charge < -0.3 is 10.5 Å². The maximum atomic E-state index is 10.7. The second kappa shape index (κ2) is 6.71. The number of hydrogen-bond acceptors (Lipinski definition) is 5. The highest BCUT2D eigenvalue weighted by Crippen LogP contribution is 2.25. The van der Waals surface area contributed by atoms with Crippen LogP contribution in [-0.2, 0) is 6.54 Å². The first-order chi connectivity index (χ1) is 10.1. The summed E-state index contributed by atoms with van der Waals surface area (Å²) in [5, 5.41) is 24.7. The number of hydrazone groups is 1. The van der Waals surface area contributed by atoms with Crippen LogP contribution in [0.3, 0.4) is 0 Å². The van der Waals surface area contributed by atoms with Crippen LogP contribution in [0.25, 0.3) is 0 Å². The molecule has 0 saturated carbocycles. The molecular formula is C14H12ClN3O3. The molecule has 0 saturated heterocycles. The molecule has 108 valence electrons. The maximum Gasteiger partial charge on any atom is 0.311 e. The van der Waals surface area contributed by atoms with Gasteiger partial charge in [0.05, 0.1) is 17.7 Å². The molecule has 0 aromatic heterocycles. The molecule has 2 N–H and O–H groups in total. The van der Waals surface area contributed by atoms with Gasteiger partial charge in [-0.3, -0.25) is 10.1 Å². The first-order valence-electron chi connectivity index (χ1n) is 6.04. The van der Waals surface area contributed by atoms with E-state index in [4.69, 9.17) is 11.6 Å². The van der Waals surface area contributed by atoms with Crippen LogP contribution in [0.5, 0.6) is 5.75 Å². The number of nitrogens with one attached hydrogen (secondary N) is 1. The van der Waals surface area contributed by atoms with Crippen molar-refractivity contribution in [2.75, 3.05) is 0 Å². The molecule has 2 aromatic carbocycles. The van der Waals surface area contributed by atoms with Gasteiger partial charge in [-0.1, -0.05) is 23.7 Å². The van der Waals surface area contributed by atoms with E-state index in [0.717, 1.165) is 5.56 Å². The minimum Gasteiger partial charge on any atom is -0.502 e. The fourth-order valence-electron chi connectivity index (χ4n) is 1.63. The number of nitrogens with zero attached hydrogens (tertiary/aromatic N) is 2. The van der Waals surface area contributed by atoms with Gasteiger partial charge in [0.15, 0.2) is 5.75 Å². The summed E-state index contributed by atoms with van der Waals surface area (Å²) in [7, 11) is 0. The van der Waals surface area contributed by atoms with E-state index in [0.29, 0.717) is 17.1 Å². The molecule has 0 unspecified atom stereocenters. The Hall–Kier alpha value is -2.60. The van der Waals surface area contributed by atoms with Crippen LogP contribution in [-0.4, -0.2) is 16.2 Å². The third-order valence-electron chi connectivity index (χ3n) is 2.70. The van der Waals surface area contributed by atoms with Crippen molar-refractivity contribution in [1.29, 1.82) is 0 Å². The van der Waals surface area contributed by atoms with Crippen molar-refractivity contribution in [3.63, 3.8) is 0 Å². The quantitative estimate of drug-likeness (QED) is 0.505. The van der Waals surface area contributed by atoms with Crippen LogP contribution >= 0.6 is 11.6 Å².